The van der Waals surface area contributed by atoms with Crippen LogP contribution in [-0.2, 0) is 12.8 Å². The van der Waals surface area contributed by atoms with Gasteiger partial charge in [0.1, 0.15) is 5.75 Å². The second kappa shape index (κ2) is 13.5. The quantitative estimate of drug-likeness (QED) is 0.266. The lowest BCUT2D eigenvalue weighted by Crippen LogP contribution is -2.32. The normalized spacial score (nSPS) is 16.6. The Labute approximate surface area is 199 Å². The third kappa shape index (κ3) is 8.56. The number of phenols is 3. The van der Waals surface area contributed by atoms with E-state index in [-0.39, 0.29) is 11.5 Å². The minimum atomic E-state index is -0.0427. The largest absolute Gasteiger partial charge is 0.508 e. The van der Waals surface area contributed by atoms with Crippen molar-refractivity contribution in [3.8, 4) is 17.2 Å². The van der Waals surface area contributed by atoms with E-state index in [1.165, 1.54) is 57.1 Å². The van der Waals surface area contributed by atoms with Crippen molar-refractivity contribution in [3.05, 3.63) is 53.6 Å². The molecular formula is C28H42N2O3. The van der Waals surface area contributed by atoms with Gasteiger partial charge in [-0.15, -0.1) is 0 Å². The maximum atomic E-state index is 9.76. The average Bonchev–Trinajstić information content (AvgIpc) is 3.23. The van der Waals surface area contributed by atoms with E-state index >= 15 is 0 Å². The molecule has 33 heavy (non-hydrogen) atoms. The summed E-state index contributed by atoms with van der Waals surface area (Å²) in [6, 6.07) is 13.4. The molecule has 1 saturated heterocycles. The van der Waals surface area contributed by atoms with Gasteiger partial charge >= 0.3 is 0 Å². The average molecular weight is 455 g/mol. The number of hydrogen-bond donors (Lipinski definition) is 3. The predicted octanol–water partition coefficient (Wildman–Crippen LogP) is 5.33. The van der Waals surface area contributed by atoms with Crippen LogP contribution in [0.1, 0.15) is 63.0 Å². The van der Waals surface area contributed by atoms with E-state index in [9.17, 15) is 15.3 Å². The number of hydrogen-bond acceptors (Lipinski definition) is 5. The van der Waals surface area contributed by atoms with Crippen molar-refractivity contribution in [1.82, 2.24) is 9.80 Å². The first-order valence-electron chi connectivity index (χ1n) is 12.8. The van der Waals surface area contributed by atoms with E-state index in [4.69, 9.17) is 0 Å². The summed E-state index contributed by atoms with van der Waals surface area (Å²) in [6.45, 7) is 7.93. The molecule has 0 amide bonds. The summed E-state index contributed by atoms with van der Waals surface area (Å²) in [7, 11) is 0. The zero-order valence-electron chi connectivity index (χ0n) is 20.3. The van der Waals surface area contributed by atoms with Gasteiger partial charge in [0.15, 0.2) is 11.5 Å². The third-order valence-corrected chi connectivity index (χ3v) is 6.85. The molecule has 0 aromatic heterocycles. The first-order chi connectivity index (χ1) is 16.0. The van der Waals surface area contributed by atoms with Crippen molar-refractivity contribution in [2.75, 3.05) is 32.7 Å². The molecule has 0 aliphatic carbocycles. The van der Waals surface area contributed by atoms with Crippen molar-refractivity contribution < 1.29 is 15.3 Å². The summed E-state index contributed by atoms with van der Waals surface area (Å²) in [6.07, 6.45) is 10.6. The predicted molar refractivity (Wildman–Crippen MR) is 135 cm³/mol. The number of rotatable bonds is 14. The van der Waals surface area contributed by atoms with Crippen molar-refractivity contribution in [1.29, 1.82) is 0 Å². The number of benzene rings is 2. The SMILES string of the molecule is CCCN(CCCCCCN1CCC[C@H]1Cc1ccc(O)c(O)c1)CCc1cccc(O)c1. The molecule has 5 heteroatoms. The van der Waals surface area contributed by atoms with Crippen LogP contribution in [0.2, 0.25) is 0 Å². The maximum Gasteiger partial charge on any atom is 0.157 e. The molecule has 182 valence electrons. The first-order valence-corrected chi connectivity index (χ1v) is 12.8. The Morgan fingerprint density at radius 2 is 1.73 bits per heavy atom. The first kappa shape index (κ1) is 25.4. The summed E-state index contributed by atoms with van der Waals surface area (Å²) >= 11 is 0. The standard InChI is InChI=1S/C28H42N2O3/c1-2-15-29(19-14-23-9-7-11-26(31)21-23)16-5-3-4-6-17-30-18-8-10-25(30)20-24-12-13-27(32)28(33)22-24/h7,9,11-13,21-22,25,31-33H,2-6,8,10,14-20H2,1H3/t25-/m0/s1. The van der Waals surface area contributed by atoms with Crippen LogP contribution in [-0.4, -0.2) is 63.9 Å². The highest BCUT2D eigenvalue weighted by Gasteiger charge is 2.24. The van der Waals surface area contributed by atoms with Crippen LogP contribution >= 0.6 is 0 Å². The fraction of sp³-hybridized carbons (Fsp3) is 0.571. The summed E-state index contributed by atoms with van der Waals surface area (Å²) in [5, 5.41) is 28.9. The van der Waals surface area contributed by atoms with Crippen molar-refractivity contribution in [3.63, 3.8) is 0 Å². The molecule has 3 rings (SSSR count). The van der Waals surface area contributed by atoms with Gasteiger partial charge in [0.05, 0.1) is 0 Å². The van der Waals surface area contributed by atoms with Crippen LogP contribution in [0.3, 0.4) is 0 Å². The zero-order chi connectivity index (χ0) is 23.5. The van der Waals surface area contributed by atoms with Gasteiger partial charge in [-0.3, -0.25) is 0 Å². The lowest BCUT2D eigenvalue weighted by atomic mass is 10.0. The smallest absolute Gasteiger partial charge is 0.157 e. The van der Waals surface area contributed by atoms with E-state index in [0.717, 1.165) is 44.6 Å². The molecule has 3 N–H and O–H groups in total. The molecule has 1 heterocycles. The van der Waals surface area contributed by atoms with Crippen LogP contribution in [0, 0.1) is 0 Å². The molecule has 1 fully saturated rings. The van der Waals surface area contributed by atoms with Crippen LogP contribution < -0.4 is 0 Å². The van der Waals surface area contributed by atoms with Gasteiger partial charge in [-0.25, -0.2) is 0 Å². The second-order valence-corrected chi connectivity index (χ2v) is 9.53. The number of unbranched alkanes of at least 4 members (excludes halogenated alkanes) is 3. The highest BCUT2D eigenvalue weighted by Crippen LogP contribution is 2.28. The lowest BCUT2D eigenvalue weighted by Gasteiger charge is -2.25. The van der Waals surface area contributed by atoms with Gasteiger partial charge in [-0.2, -0.15) is 0 Å². The van der Waals surface area contributed by atoms with Crippen molar-refractivity contribution in [2.24, 2.45) is 0 Å². The fourth-order valence-electron chi connectivity index (χ4n) is 5.04. The molecule has 2 aromatic rings. The molecule has 1 atom stereocenters. The maximum absolute atomic E-state index is 9.76. The Balaban J connectivity index is 1.31. The zero-order valence-corrected chi connectivity index (χ0v) is 20.3. The summed E-state index contributed by atoms with van der Waals surface area (Å²) in [4.78, 5) is 5.18. The number of likely N-dealkylation sites (tertiary alicyclic amines) is 1. The van der Waals surface area contributed by atoms with Crippen LogP contribution in [0.15, 0.2) is 42.5 Å². The molecular weight excluding hydrogens is 412 g/mol. The minimum Gasteiger partial charge on any atom is -0.508 e. The molecule has 0 saturated carbocycles. The van der Waals surface area contributed by atoms with Gasteiger partial charge in [0.2, 0.25) is 0 Å². The second-order valence-electron chi connectivity index (χ2n) is 9.53. The lowest BCUT2D eigenvalue weighted by molar-refractivity contribution is 0.242. The van der Waals surface area contributed by atoms with Crippen LogP contribution in [0.4, 0.5) is 0 Å². The molecule has 0 spiro atoms. The Kier molecular flexibility index (Phi) is 10.4. The van der Waals surface area contributed by atoms with Gasteiger partial charge in [-0.1, -0.05) is 38.0 Å². The van der Waals surface area contributed by atoms with Gasteiger partial charge in [-0.05, 0) is 107 Å². The summed E-state index contributed by atoms with van der Waals surface area (Å²) < 4.78 is 0. The monoisotopic (exact) mass is 454 g/mol. The molecule has 0 bridgehead atoms. The van der Waals surface area contributed by atoms with Gasteiger partial charge in [0.25, 0.3) is 0 Å². The number of phenolic OH excluding ortho intramolecular Hbond substituents is 3. The van der Waals surface area contributed by atoms with Crippen molar-refractivity contribution in [2.45, 2.75) is 70.8 Å². The number of nitrogens with zero attached hydrogens (tertiary/aromatic N) is 2. The minimum absolute atomic E-state index is 0.0175. The van der Waals surface area contributed by atoms with E-state index < -0.39 is 0 Å². The molecule has 1 aliphatic heterocycles. The van der Waals surface area contributed by atoms with Crippen molar-refractivity contribution >= 4 is 0 Å². The molecule has 0 unspecified atom stereocenters. The highest BCUT2D eigenvalue weighted by atomic mass is 16.3. The topological polar surface area (TPSA) is 67.2 Å². The van der Waals surface area contributed by atoms with E-state index in [2.05, 4.69) is 22.8 Å². The Bertz CT molecular complexity index is 842. The molecule has 1 aliphatic rings. The van der Waals surface area contributed by atoms with Crippen LogP contribution in [0.25, 0.3) is 0 Å². The Morgan fingerprint density at radius 3 is 2.52 bits per heavy atom. The number of aromatic hydroxyl groups is 3. The molecule has 2 aromatic carbocycles. The Hall–Kier alpha value is -2.24. The van der Waals surface area contributed by atoms with Crippen LogP contribution in [0.5, 0.6) is 17.2 Å². The van der Waals surface area contributed by atoms with Gasteiger partial charge in [0, 0.05) is 12.6 Å². The van der Waals surface area contributed by atoms with E-state index in [0.29, 0.717) is 11.8 Å². The van der Waals surface area contributed by atoms with E-state index in [1.54, 1.807) is 18.2 Å². The fourth-order valence-corrected chi connectivity index (χ4v) is 5.04. The van der Waals surface area contributed by atoms with Gasteiger partial charge < -0.3 is 25.1 Å². The summed E-state index contributed by atoms with van der Waals surface area (Å²) in [5.41, 5.74) is 2.31. The summed E-state index contributed by atoms with van der Waals surface area (Å²) in [5.74, 6) is 0.297. The highest BCUT2D eigenvalue weighted by molar-refractivity contribution is 5.40. The molecule has 0 radical (unpaired) electrons. The van der Waals surface area contributed by atoms with E-state index in [1.807, 2.05) is 18.2 Å². The third-order valence-electron chi connectivity index (χ3n) is 6.85. The molecule has 5 nitrogen and oxygen atoms in total. The Morgan fingerprint density at radius 1 is 0.879 bits per heavy atom.